The Bertz CT molecular complexity index is 798. The maximum absolute atomic E-state index is 6.36. The fraction of sp³-hybridized carbons (Fsp3) is 0.235. The van der Waals surface area contributed by atoms with E-state index in [9.17, 15) is 0 Å². The number of rotatable bonds is 1. The topological polar surface area (TPSA) is 24.5 Å². The average molecular weight is 410 g/mol. The van der Waals surface area contributed by atoms with Crippen LogP contribution >= 0.6 is 39.7 Å². The van der Waals surface area contributed by atoms with Gasteiger partial charge >= 0.3 is 0 Å². The van der Waals surface area contributed by atoms with E-state index < -0.39 is 5.72 Å². The number of benzene rings is 2. The van der Waals surface area contributed by atoms with Gasteiger partial charge in [0, 0.05) is 22.1 Å². The van der Waals surface area contributed by atoms with E-state index in [4.69, 9.17) is 28.6 Å². The molecule has 4 rings (SSSR count). The van der Waals surface area contributed by atoms with Crippen molar-refractivity contribution >= 4 is 50.5 Å². The van der Waals surface area contributed by atoms with Gasteiger partial charge in [-0.05, 0) is 49.5 Å². The minimum Gasteiger partial charge on any atom is -0.466 e. The SMILES string of the molecule is CC12CC(NC(=S)N1c1ccc(Br)cc1)c1cccc(Cl)c1O2. The van der Waals surface area contributed by atoms with Crippen LogP contribution in [0.15, 0.2) is 46.9 Å². The molecule has 2 aliphatic heterocycles. The quantitative estimate of drug-likeness (QED) is 0.667. The summed E-state index contributed by atoms with van der Waals surface area (Å²) >= 11 is 15.4. The molecule has 2 atom stereocenters. The molecular formula is C17H14BrClN2OS. The Kier molecular flexibility index (Phi) is 3.55. The zero-order chi connectivity index (χ0) is 16.2. The van der Waals surface area contributed by atoms with Crippen LogP contribution in [0.3, 0.4) is 0 Å². The number of anilines is 1. The van der Waals surface area contributed by atoms with Crippen LogP contribution in [0, 0.1) is 0 Å². The summed E-state index contributed by atoms with van der Waals surface area (Å²) in [7, 11) is 0. The lowest BCUT2D eigenvalue weighted by atomic mass is 9.90. The van der Waals surface area contributed by atoms with Gasteiger partial charge in [0.05, 0.1) is 11.1 Å². The Morgan fingerprint density at radius 2 is 2.04 bits per heavy atom. The van der Waals surface area contributed by atoms with Crippen LogP contribution in [0.5, 0.6) is 5.75 Å². The van der Waals surface area contributed by atoms with Crippen LogP contribution in [0.2, 0.25) is 5.02 Å². The van der Waals surface area contributed by atoms with Gasteiger partial charge in [0.1, 0.15) is 5.75 Å². The Morgan fingerprint density at radius 3 is 2.78 bits per heavy atom. The summed E-state index contributed by atoms with van der Waals surface area (Å²) in [6.45, 7) is 2.06. The minimum absolute atomic E-state index is 0.113. The monoisotopic (exact) mass is 408 g/mol. The molecule has 2 aliphatic rings. The van der Waals surface area contributed by atoms with Gasteiger partial charge in [-0.1, -0.05) is 39.7 Å². The molecule has 0 spiro atoms. The Hall–Kier alpha value is -1.30. The highest BCUT2D eigenvalue weighted by molar-refractivity contribution is 9.10. The molecule has 0 saturated carbocycles. The molecule has 118 valence electrons. The summed E-state index contributed by atoms with van der Waals surface area (Å²) in [5.41, 5.74) is 1.48. The number of hydrogen-bond donors (Lipinski definition) is 1. The van der Waals surface area contributed by atoms with E-state index in [1.807, 2.05) is 47.4 Å². The van der Waals surface area contributed by atoms with Gasteiger partial charge in [-0.2, -0.15) is 0 Å². The number of hydrogen-bond acceptors (Lipinski definition) is 2. The molecule has 6 heteroatoms. The van der Waals surface area contributed by atoms with Crippen molar-refractivity contribution in [2.45, 2.75) is 25.1 Å². The first-order valence-electron chi connectivity index (χ1n) is 7.32. The van der Waals surface area contributed by atoms with Gasteiger partial charge in [0.15, 0.2) is 10.8 Å². The second-order valence-electron chi connectivity index (χ2n) is 5.95. The number of nitrogens with one attached hydrogen (secondary N) is 1. The number of fused-ring (bicyclic) bond motifs is 4. The van der Waals surface area contributed by atoms with E-state index in [-0.39, 0.29) is 6.04 Å². The summed E-state index contributed by atoms with van der Waals surface area (Å²) in [4.78, 5) is 2.03. The van der Waals surface area contributed by atoms with E-state index in [1.165, 1.54) is 0 Å². The number of ether oxygens (including phenoxy) is 1. The summed E-state index contributed by atoms with van der Waals surface area (Å²) in [6, 6.07) is 14.0. The first-order chi connectivity index (χ1) is 11.0. The molecular weight excluding hydrogens is 396 g/mol. The predicted molar refractivity (Wildman–Crippen MR) is 100 cm³/mol. The smallest absolute Gasteiger partial charge is 0.188 e. The van der Waals surface area contributed by atoms with E-state index in [2.05, 4.69) is 28.2 Å². The van der Waals surface area contributed by atoms with E-state index in [0.717, 1.165) is 27.9 Å². The van der Waals surface area contributed by atoms with Gasteiger partial charge in [-0.25, -0.2) is 0 Å². The lowest BCUT2D eigenvalue weighted by Crippen LogP contribution is -2.65. The molecule has 0 radical (unpaired) electrons. The Morgan fingerprint density at radius 1 is 1.30 bits per heavy atom. The number of thiocarbonyl (C=S) groups is 1. The maximum Gasteiger partial charge on any atom is 0.188 e. The van der Waals surface area contributed by atoms with Gasteiger partial charge in [-0.15, -0.1) is 0 Å². The Balaban J connectivity index is 1.82. The van der Waals surface area contributed by atoms with E-state index in [1.54, 1.807) is 0 Å². The van der Waals surface area contributed by atoms with Crippen molar-refractivity contribution in [1.82, 2.24) is 5.32 Å². The van der Waals surface area contributed by atoms with Crippen LogP contribution in [-0.2, 0) is 0 Å². The molecule has 2 bridgehead atoms. The van der Waals surface area contributed by atoms with Crippen molar-refractivity contribution < 1.29 is 4.74 Å². The third kappa shape index (κ3) is 2.42. The highest BCUT2D eigenvalue weighted by Crippen LogP contribution is 2.48. The summed E-state index contributed by atoms with van der Waals surface area (Å²) in [5, 5.41) is 4.72. The molecule has 2 heterocycles. The standard InChI is InChI=1S/C17H14BrClN2OS/c1-17-9-14(12-3-2-4-13(19)15(12)22-17)20-16(23)21(17)11-7-5-10(18)6-8-11/h2-8,14H,9H2,1H3,(H,20,23). The summed E-state index contributed by atoms with van der Waals surface area (Å²) in [6.07, 6.45) is 0.788. The molecule has 1 saturated heterocycles. The maximum atomic E-state index is 6.36. The van der Waals surface area contributed by atoms with Gasteiger partial charge in [0.25, 0.3) is 0 Å². The van der Waals surface area contributed by atoms with Crippen molar-refractivity contribution in [3.8, 4) is 5.75 Å². The lowest BCUT2D eigenvalue weighted by Gasteiger charge is -2.52. The zero-order valence-corrected chi connectivity index (χ0v) is 15.5. The van der Waals surface area contributed by atoms with E-state index in [0.29, 0.717) is 10.1 Å². The highest BCUT2D eigenvalue weighted by atomic mass is 79.9. The number of nitrogens with zero attached hydrogens (tertiary/aromatic N) is 1. The van der Waals surface area contributed by atoms with Crippen LogP contribution in [0.4, 0.5) is 5.69 Å². The van der Waals surface area contributed by atoms with Crippen LogP contribution < -0.4 is 15.0 Å². The second-order valence-corrected chi connectivity index (χ2v) is 7.66. The van der Waals surface area contributed by atoms with Crippen LogP contribution in [-0.4, -0.2) is 10.8 Å². The molecule has 0 aromatic heterocycles. The summed E-state index contributed by atoms with van der Waals surface area (Å²) < 4.78 is 7.37. The lowest BCUT2D eigenvalue weighted by molar-refractivity contribution is 0.0499. The normalized spacial score (nSPS) is 25.4. The first-order valence-corrected chi connectivity index (χ1v) is 8.89. The second kappa shape index (κ2) is 5.36. The number of para-hydroxylation sites is 1. The third-order valence-electron chi connectivity index (χ3n) is 4.34. The van der Waals surface area contributed by atoms with Crippen molar-refractivity contribution in [2.75, 3.05) is 4.90 Å². The number of halogens is 2. The first kappa shape index (κ1) is 15.2. The van der Waals surface area contributed by atoms with Gasteiger partial charge < -0.3 is 10.1 Å². The average Bonchev–Trinajstić information content (AvgIpc) is 2.50. The van der Waals surface area contributed by atoms with E-state index >= 15 is 0 Å². The minimum atomic E-state index is -0.571. The molecule has 1 fully saturated rings. The molecule has 2 aromatic rings. The van der Waals surface area contributed by atoms with Crippen LogP contribution in [0.1, 0.15) is 24.9 Å². The van der Waals surface area contributed by atoms with Gasteiger partial charge in [-0.3, -0.25) is 4.90 Å². The molecule has 3 nitrogen and oxygen atoms in total. The third-order valence-corrected chi connectivity index (χ3v) is 5.46. The van der Waals surface area contributed by atoms with Crippen molar-refractivity contribution in [3.63, 3.8) is 0 Å². The zero-order valence-electron chi connectivity index (χ0n) is 12.3. The summed E-state index contributed by atoms with van der Waals surface area (Å²) in [5.74, 6) is 0.741. The molecule has 0 aliphatic carbocycles. The van der Waals surface area contributed by atoms with Crippen LogP contribution in [0.25, 0.3) is 0 Å². The molecule has 0 amide bonds. The molecule has 23 heavy (non-hydrogen) atoms. The van der Waals surface area contributed by atoms with Gasteiger partial charge in [0.2, 0.25) is 0 Å². The Labute approximate surface area is 153 Å². The predicted octanol–water partition coefficient (Wildman–Crippen LogP) is 5.04. The van der Waals surface area contributed by atoms with Crippen molar-refractivity contribution in [3.05, 3.63) is 57.5 Å². The fourth-order valence-corrected chi connectivity index (χ4v) is 4.26. The molecule has 1 N–H and O–H groups in total. The largest absolute Gasteiger partial charge is 0.466 e. The van der Waals surface area contributed by atoms with Crippen molar-refractivity contribution in [2.24, 2.45) is 0 Å². The van der Waals surface area contributed by atoms with Crippen molar-refractivity contribution in [1.29, 1.82) is 0 Å². The molecule has 2 unspecified atom stereocenters. The highest BCUT2D eigenvalue weighted by Gasteiger charge is 2.48. The fourth-order valence-electron chi connectivity index (χ4n) is 3.33. The molecule has 2 aromatic carbocycles.